The topological polar surface area (TPSA) is 49.3 Å². The fraction of sp³-hybridized carbons (Fsp3) is 0.222. The number of hydrogen-bond acceptors (Lipinski definition) is 2. The lowest BCUT2D eigenvalue weighted by Crippen LogP contribution is -2.37. The standard InChI is InChI=1S/C18H22N4/c1-3-11-21-18(19-4-2)22-14-15-8-7-9-16(13-15)17-10-5-6-12-20-17/h3,5-10,12-13H,1,4,11,14H2,2H3,(H2,19,21,22). The van der Waals surface area contributed by atoms with Crippen LogP contribution >= 0.6 is 0 Å². The maximum absolute atomic E-state index is 4.58. The molecule has 0 amide bonds. The van der Waals surface area contributed by atoms with E-state index in [0.29, 0.717) is 13.1 Å². The first-order valence-corrected chi connectivity index (χ1v) is 7.47. The number of guanidine groups is 1. The van der Waals surface area contributed by atoms with Gasteiger partial charge in [0.2, 0.25) is 0 Å². The predicted molar refractivity (Wildman–Crippen MR) is 92.7 cm³/mol. The van der Waals surface area contributed by atoms with Crippen LogP contribution in [0.2, 0.25) is 0 Å². The van der Waals surface area contributed by atoms with Gasteiger partial charge in [0.15, 0.2) is 5.96 Å². The van der Waals surface area contributed by atoms with Crippen LogP contribution in [0.5, 0.6) is 0 Å². The Morgan fingerprint density at radius 3 is 2.86 bits per heavy atom. The van der Waals surface area contributed by atoms with Gasteiger partial charge in [-0.1, -0.05) is 30.3 Å². The minimum Gasteiger partial charge on any atom is -0.357 e. The van der Waals surface area contributed by atoms with Crippen LogP contribution in [0.4, 0.5) is 0 Å². The number of nitrogens with zero attached hydrogens (tertiary/aromatic N) is 2. The molecule has 0 unspecified atom stereocenters. The largest absolute Gasteiger partial charge is 0.357 e. The lowest BCUT2D eigenvalue weighted by molar-refractivity contribution is 0.860. The summed E-state index contributed by atoms with van der Waals surface area (Å²) in [6.45, 7) is 7.90. The molecule has 1 heterocycles. The van der Waals surface area contributed by atoms with Gasteiger partial charge in [0.05, 0.1) is 12.2 Å². The first-order chi connectivity index (χ1) is 10.8. The van der Waals surface area contributed by atoms with Crippen molar-refractivity contribution >= 4 is 5.96 Å². The molecule has 0 aliphatic rings. The van der Waals surface area contributed by atoms with Crippen LogP contribution in [-0.2, 0) is 6.54 Å². The second-order valence-corrected chi connectivity index (χ2v) is 4.78. The van der Waals surface area contributed by atoms with Crippen molar-refractivity contribution in [1.82, 2.24) is 15.6 Å². The zero-order valence-corrected chi connectivity index (χ0v) is 12.9. The number of rotatable bonds is 6. The summed E-state index contributed by atoms with van der Waals surface area (Å²) >= 11 is 0. The lowest BCUT2D eigenvalue weighted by Gasteiger charge is -2.09. The van der Waals surface area contributed by atoms with Gasteiger partial charge >= 0.3 is 0 Å². The van der Waals surface area contributed by atoms with Gasteiger partial charge in [-0.15, -0.1) is 6.58 Å². The zero-order valence-electron chi connectivity index (χ0n) is 12.9. The molecule has 0 aliphatic carbocycles. The molecule has 0 saturated carbocycles. The van der Waals surface area contributed by atoms with Gasteiger partial charge in [-0.3, -0.25) is 4.98 Å². The fourth-order valence-electron chi connectivity index (χ4n) is 2.04. The Bertz CT molecular complexity index is 620. The lowest BCUT2D eigenvalue weighted by atomic mass is 10.1. The number of hydrogen-bond donors (Lipinski definition) is 2. The van der Waals surface area contributed by atoms with Crippen LogP contribution in [0.15, 0.2) is 66.3 Å². The van der Waals surface area contributed by atoms with E-state index >= 15 is 0 Å². The van der Waals surface area contributed by atoms with Crippen molar-refractivity contribution in [3.63, 3.8) is 0 Å². The Kier molecular flexibility index (Phi) is 6.18. The third-order valence-electron chi connectivity index (χ3n) is 3.07. The second-order valence-electron chi connectivity index (χ2n) is 4.78. The van der Waals surface area contributed by atoms with Gasteiger partial charge in [0, 0.05) is 24.8 Å². The van der Waals surface area contributed by atoms with E-state index in [-0.39, 0.29) is 0 Å². The summed E-state index contributed by atoms with van der Waals surface area (Å²) in [7, 11) is 0. The first-order valence-electron chi connectivity index (χ1n) is 7.47. The molecule has 0 spiro atoms. The molecule has 114 valence electrons. The molecule has 4 heteroatoms. The molecule has 0 atom stereocenters. The van der Waals surface area contributed by atoms with Crippen molar-refractivity contribution in [3.05, 3.63) is 66.9 Å². The Labute approximate surface area is 132 Å². The molecule has 1 aromatic carbocycles. The second kappa shape index (κ2) is 8.62. The first kappa shape index (κ1) is 15.8. The average Bonchev–Trinajstić information content (AvgIpc) is 2.58. The van der Waals surface area contributed by atoms with E-state index in [4.69, 9.17) is 0 Å². The van der Waals surface area contributed by atoms with E-state index < -0.39 is 0 Å². The van der Waals surface area contributed by atoms with Crippen molar-refractivity contribution in [2.24, 2.45) is 4.99 Å². The van der Waals surface area contributed by atoms with E-state index in [0.717, 1.165) is 29.3 Å². The molecular weight excluding hydrogens is 272 g/mol. The Morgan fingerprint density at radius 2 is 2.14 bits per heavy atom. The minimum absolute atomic E-state index is 0.618. The Balaban J connectivity index is 2.10. The molecule has 0 bridgehead atoms. The number of benzene rings is 1. The summed E-state index contributed by atoms with van der Waals surface area (Å²) in [5.41, 5.74) is 3.24. The van der Waals surface area contributed by atoms with Gasteiger partial charge in [-0.2, -0.15) is 0 Å². The van der Waals surface area contributed by atoms with Gasteiger partial charge in [-0.05, 0) is 30.7 Å². The molecule has 2 aromatic rings. The molecule has 0 fully saturated rings. The van der Waals surface area contributed by atoms with Gasteiger partial charge in [0.25, 0.3) is 0 Å². The van der Waals surface area contributed by atoms with Crippen LogP contribution in [0.1, 0.15) is 12.5 Å². The number of nitrogens with one attached hydrogen (secondary N) is 2. The van der Waals surface area contributed by atoms with Gasteiger partial charge < -0.3 is 10.6 Å². The highest BCUT2D eigenvalue weighted by molar-refractivity contribution is 5.79. The zero-order chi connectivity index (χ0) is 15.6. The van der Waals surface area contributed by atoms with Crippen LogP contribution in [0.25, 0.3) is 11.3 Å². The quantitative estimate of drug-likeness (QED) is 0.489. The van der Waals surface area contributed by atoms with Crippen molar-refractivity contribution < 1.29 is 0 Å². The fourth-order valence-corrected chi connectivity index (χ4v) is 2.04. The number of aromatic nitrogens is 1. The maximum Gasteiger partial charge on any atom is 0.191 e. The van der Waals surface area contributed by atoms with Crippen LogP contribution < -0.4 is 10.6 Å². The molecule has 0 radical (unpaired) electrons. The Morgan fingerprint density at radius 1 is 1.23 bits per heavy atom. The summed E-state index contributed by atoms with van der Waals surface area (Å²) in [6, 6.07) is 14.2. The average molecular weight is 294 g/mol. The SMILES string of the molecule is C=CCNC(=NCc1cccc(-c2ccccn2)c1)NCC. The molecule has 2 N–H and O–H groups in total. The number of pyridine rings is 1. The maximum atomic E-state index is 4.58. The normalized spacial score (nSPS) is 11.0. The number of aliphatic imine (C=N–C) groups is 1. The summed E-state index contributed by atoms with van der Waals surface area (Å²) in [5.74, 6) is 0.797. The Hall–Kier alpha value is -2.62. The molecule has 0 saturated heterocycles. The molecular formula is C18H22N4. The smallest absolute Gasteiger partial charge is 0.191 e. The van der Waals surface area contributed by atoms with Gasteiger partial charge in [0.1, 0.15) is 0 Å². The monoisotopic (exact) mass is 294 g/mol. The highest BCUT2D eigenvalue weighted by atomic mass is 15.2. The van der Waals surface area contributed by atoms with Crippen LogP contribution in [0.3, 0.4) is 0 Å². The summed E-state index contributed by atoms with van der Waals surface area (Å²) in [4.78, 5) is 8.97. The van der Waals surface area contributed by atoms with Crippen LogP contribution in [-0.4, -0.2) is 24.0 Å². The summed E-state index contributed by atoms with van der Waals surface area (Å²) in [6.07, 6.45) is 3.62. The van der Waals surface area contributed by atoms with Crippen molar-refractivity contribution in [2.45, 2.75) is 13.5 Å². The van der Waals surface area contributed by atoms with E-state index in [1.54, 1.807) is 0 Å². The van der Waals surface area contributed by atoms with Crippen molar-refractivity contribution in [1.29, 1.82) is 0 Å². The minimum atomic E-state index is 0.618. The van der Waals surface area contributed by atoms with E-state index in [1.807, 2.05) is 43.5 Å². The molecule has 22 heavy (non-hydrogen) atoms. The highest BCUT2D eigenvalue weighted by Gasteiger charge is 2.00. The third-order valence-corrected chi connectivity index (χ3v) is 3.07. The third kappa shape index (κ3) is 4.74. The van der Waals surface area contributed by atoms with E-state index in [2.05, 4.69) is 45.4 Å². The van der Waals surface area contributed by atoms with E-state index in [1.165, 1.54) is 0 Å². The van der Waals surface area contributed by atoms with Crippen LogP contribution in [0, 0.1) is 0 Å². The molecule has 1 aromatic heterocycles. The van der Waals surface area contributed by atoms with Crippen molar-refractivity contribution in [2.75, 3.05) is 13.1 Å². The summed E-state index contributed by atoms with van der Waals surface area (Å²) < 4.78 is 0. The molecule has 0 aliphatic heterocycles. The molecule has 2 rings (SSSR count). The van der Waals surface area contributed by atoms with Crippen molar-refractivity contribution in [3.8, 4) is 11.3 Å². The highest BCUT2D eigenvalue weighted by Crippen LogP contribution is 2.18. The van der Waals surface area contributed by atoms with E-state index in [9.17, 15) is 0 Å². The van der Waals surface area contributed by atoms with Gasteiger partial charge in [-0.25, -0.2) is 4.99 Å². The predicted octanol–water partition coefficient (Wildman–Crippen LogP) is 2.99. The molecule has 4 nitrogen and oxygen atoms in total. The summed E-state index contributed by atoms with van der Waals surface area (Å²) in [5, 5.41) is 6.41.